The Balaban J connectivity index is 2.15. The SMILES string of the molecule is C=CCn1ccnc1Nc1ccc(C(F)(F)F)cc1. The molecular weight excluding hydrogens is 255 g/mol. The van der Waals surface area contributed by atoms with Crippen LogP contribution in [0.2, 0.25) is 0 Å². The van der Waals surface area contributed by atoms with Gasteiger partial charge in [-0.2, -0.15) is 13.2 Å². The monoisotopic (exact) mass is 267 g/mol. The Hall–Kier alpha value is -2.24. The molecule has 0 saturated heterocycles. The number of anilines is 2. The smallest absolute Gasteiger partial charge is 0.326 e. The predicted octanol–water partition coefficient (Wildman–Crippen LogP) is 3.83. The maximum absolute atomic E-state index is 12.4. The van der Waals surface area contributed by atoms with Gasteiger partial charge in [0.2, 0.25) is 5.95 Å². The molecule has 2 rings (SSSR count). The molecule has 0 radical (unpaired) electrons. The number of benzene rings is 1. The van der Waals surface area contributed by atoms with E-state index in [4.69, 9.17) is 0 Å². The normalized spacial score (nSPS) is 11.3. The lowest BCUT2D eigenvalue weighted by atomic mass is 10.2. The van der Waals surface area contributed by atoms with Gasteiger partial charge < -0.3 is 9.88 Å². The van der Waals surface area contributed by atoms with E-state index in [1.54, 1.807) is 23.0 Å². The van der Waals surface area contributed by atoms with Crippen LogP contribution in [0.1, 0.15) is 5.56 Å². The largest absolute Gasteiger partial charge is 0.416 e. The van der Waals surface area contributed by atoms with Gasteiger partial charge in [0.15, 0.2) is 0 Å². The molecule has 1 aromatic carbocycles. The topological polar surface area (TPSA) is 29.9 Å². The van der Waals surface area contributed by atoms with Gasteiger partial charge in [-0.05, 0) is 24.3 Å². The van der Waals surface area contributed by atoms with Gasteiger partial charge in [-0.1, -0.05) is 6.08 Å². The summed E-state index contributed by atoms with van der Waals surface area (Å²) in [7, 11) is 0. The molecule has 0 bridgehead atoms. The third kappa shape index (κ3) is 3.15. The molecule has 19 heavy (non-hydrogen) atoms. The first-order valence-electron chi connectivity index (χ1n) is 5.57. The number of aromatic nitrogens is 2. The van der Waals surface area contributed by atoms with Crippen LogP contribution >= 0.6 is 0 Å². The Morgan fingerprint density at radius 2 is 1.95 bits per heavy atom. The lowest BCUT2D eigenvalue weighted by Crippen LogP contribution is -2.05. The van der Waals surface area contributed by atoms with E-state index in [1.165, 1.54) is 12.1 Å². The van der Waals surface area contributed by atoms with Crippen molar-refractivity contribution in [3.05, 3.63) is 54.9 Å². The van der Waals surface area contributed by atoms with Crippen LogP contribution in [-0.2, 0) is 12.7 Å². The van der Waals surface area contributed by atoms with Crippen molar-refractivity contribution in [2.45, 2.75) is 12.7 Å². The molecule has 0 amide bonds. The molecule has 0 fully saturated rings. The molecule has 1 N–H and O–H groups in total. The number of nitrogens with zero attached hydrogens (tertiary/aromatic N) is 2. The van der Waals surface area contributed by atoms with Crippen LogP contribution < -0.4 is 5.32 Å². The molecule has 1 heterocycles. The molecule has 2 aromatic rings. The highest BCUT2D eigenvalue weighted by atomic mass is 19.4. The first-order valence-corrected chi connectivity index (χ1v) is 5.57. The van der Waals surface area contributed by atoms with Crippen LogP contribution in [0.3, 0.4) is 0 Å². The molecular formula is C13H12F3N3. The summed E-state index contributed by atoms with van der Waals surface area (Å²) >= 11 is 0. The summed E-state index contributed by atoms with van der Waals surface area (Å²) in [5, 5.41) is 2.95. The number of imidazole rings is 1. The summed E-state index contributed by atoms with van der Waals surface area (Å²) in [5.74, 6) is 0.555. The molecule has 0 aliphatic heterocycles. The van der Waals surface area contributed by atoms with Crippen LogP contribution in [-0.4, -0.2) is 9.55 Å². The molecule has 0 saturated carbocycles. The van der Waals surface area contributed by atoms with Gasteiger partial charge in [-0.3, -0.25) is 0 Å². The van der Waals surface area contributed by atoms with Gasteiger partial charge in [0.05, 0.1) is 5.56 Å². The maximum atomic E-state index is 12.4. The van der Waals surface area contributed by atoms with Gasteiger partial charge >= 0.3 is 6.18 Å². The molecule has 0 unspecified atom stereocenters. The second-order valence-corrected chi connectivity index (χ2v) is 3.89. The van der Waals surface area contributed by atoms with Crippen molar-refractivity contribution in [2.24, 2.45) is 0 Å². The fraction of sp³-hybridized carbons (Fsp3) is 0.154. The Labute approximate surface area is 108 Å². The lowest BCUT2D eigenvalue weighted by molar-refractivity contribution is -0.137. The molecule has 6 heteroatoms. The van der Waals surface area contributed by atoms with E-state index in [0.29, 0.717) is 18.2 Å². The van der Waals surface area contributed by atoms with Crippen molar-refractivity contribution in [1.29, 1.82) is 0 Å². The lowest BCUT2D eigenvalue weighted by Gasteiger charge is -2.10. The van der Waals surface area contributed by atoms with E-state index in [9.17, 15) is 13.2 Å². The van der Waals surface area contributed by atoms with Gasteiger partial charge in [-0.15, -0.1) is 6.58 Å². The quantitative estimate of drug-likeness (QED) is 0.853. The minimum Gasteiger partial charge on any atom is -0.326 e. The first kappa shape index (κ1) is 13.2. The molecule has 0 aliphatic rings. The molecule has 100 valence electrons. The number of rotatable bonds is 4. The highest BCUT2D eigenvalue weighted by Crippen LogP contribution is 2.30. The van der Waals surface area contributed by atoms with Crippen LogP contribution in [0.4, 0.5) is 24.8 Å². The van der Waals surface area contributed by atoms with E-state index in [-0.39, 0.29) is 0 Å². The number of hydrogen-bond acceptors (Lipinski definition) is 2. The highest BCUT2D eigenvalue weighted by molar-refractivity contribution is 5.54. The van der Waals surface area contributed by atoms with E-state index in [0.717, 1.165) is 12.1 Å². The summed E-state index contributed by atoms with van der Waals surface area (Å²) in [6.07, 6.45) is 0.753. The number of halogens is 3. The Morgan fingerprint density at radius 3 is 2.53 bits per heavy atom. The Kier molecular flexibility index (Phi) is 3.59. The molecule has 0 spiro atoms. The van der Waals surface area contributed by atoms with E-state index in [1.807, 2.05) is 0 Å². The summed E-state index contributed by atoms with van der Waals surface area (Å²) in [4.78, 5) is 4.08. The molecule has 0 atom stereocenters. The summed E-state index contributed by atoms with van der Waals surface area (Å²) < 4.78 is 39.0. The number of hydrogen-bond donors (Lipinski definition) is 1. The third-order valence-corrected chi connectivity index (χ3v) is 2.51. The zero-order chi connectivity index (χ0) is 13.9. The van der Waals surface area contributed by atoms with Crippen LogP contribution in [0.15, 0.2) is 49.3 Å². The zero-order valence-electron chi connectivity index (χ0n) is 9.98. The maximum Gasteiger partial charge on any atom is 0.416 e. The van der Waals surface area contributed by atoms with Crippen molar-refractivity contribution >= 4 is 11.6 Å². The third-order valence-electron chi connectivity index (χ3n) is 2.51. The molecule has 0 aliphatic carbocycles. The fourth-order valence-electron chi connectivity index (χ4n) is 1.59. The number of alkyl halides is 3. The van der Waals surface area contributed by atoms with E-state index in [2.05, 4.69) is 16.9 Å². The number of nitrogens with one attached hydrogen (secondary N) is 1. The summed E-state index contributed by atoms with van der Waals surface area (Å²) in [6, 6.07) is 4.80. The number of allylic oxidation sites excluding steroid dienone is 1. The minimum atomic E-state index is -4.32. The molecule has 3 nitrogen and oxygen atoms in total. The summed E-state index contributed by atoms with van der Waals surface area (Å²) in [6.45, 7) is 4.19. The van der Waals surface area contributed by atoms with Crippen molar-refractivity contribution in [1.82, 2.24) is 9.55 Å². The van der Waals surface area contributed by atoms with E-state index >= 15 is 0 Å². The second kappa shape index (κ2) is 5.17. The second-order valence-electron chi connectivity index (χ2n) is 3.89. The first-order chi connectivity index (χ1) is 9.00. The van der Waals surface area contributed by atoms with Gasteiger partial charge in [-0.25, -0.2) is 4.98 Å². The highest BCUT2D eigenvalue weighted by Gasteiger charge is 2.29. The average Bonchev–Trinajstić information content (AvgIpc) is 2.77. The van der Waals surface area contributed by atoms with E-state index < -0.39 is 11.7 Å². The van der Waals surface area contributed by atoms with Gasteiger partial charge in [0.1, 0.15) is 0 Å². The van der Waals surface area contributed by atoms with Gasteiger partial charge in [0.25, 0.3) is 0 Å². The summed E-state index contributed by atoms with van der Waals surface area (Å²) in [5.41, 5.74) is -0.128. The van der Waals surface area contributed by atoms with Crippen LogP contribution in [0.25, 0.3) is 0 Å². The van der Waals surface area contributed by atoms with Crippen molar-refractivity contribution in [3.8, 4) is 0 Å². The van der Waals surface area contributed by atoms with Crippen LogP contribution in [0, 0.1) is 0 Å². The minimum absolute atomic E-state index is 0.546. The Morgan fingerprint density at radius 1 is 1.26 bits per heavy atom. The average molecular weight is 267 g/mol. The van der Waals surface area contributed by atoms with Crippen molar-refractivity contribution < 1.29 is 13.2 Å². The zero-order valence-corrected chi connectivity index (χ0v) is 9.98. The fourth-order valence-corrected chi connectivity index (χ4v) is 1.59. The Bertz CT molecular complexity index is 555. The predicted molar refractivity (Wildman–Crippen MR) is 67.2 cm³/mol. The molecule has 1 aromatic heterocycles. The van der Waals surface area contributed by atoms with Crippen molar-refractivity contribution in [3.63, 3.8) is 0 Å². The van der Waals surface area contributed by atoms with Crippen LogP contribution in [0.5, 0.6) is 0 Å². The van der Waals surface area contributed by atoms with Crippen molar-refractivity contribution in [2.75, 3.05) is 5.32 Å². The van der Waals surface area contributed by atoms with Gasteiger partial charge in [0, 0.05) is 24.6 Å². The standard InChI is InChI=1S/C13H12F3N3/c1-2-8-19-9-7-17-12(19)18-11-5-3-10(4-6-11)13(14,15)16/h2-7,9H,1,8H2,(H,17,18).